The topological polar surface area (TPSA) is 50.3 Å². The van der Waals surface area contributed by atoms with Crippen LogP contribution in [-0.2, 0) is 10.0 Å². The van der Waals surface area contributed by atoms with Crippen LogP contribution in [-0.4, -0.2) is 30.8 Å². The summed E-state index contributed by atoms with van der Waals surface area (Å²) in [5, 5.41) is 0.0467. The molecule has 2 heterocycles. The Morgan fingerprint density at radius 3 is 2.40 bits per heavy atom. The van der Waals surface area contributed by atoms with Gasteiger partial charge in [0.15, 0.2) is 0 Å². The quantitative estimate of drug-likeness (QED) is 0.787. The third-order valence-electron chi connectivity index (χ3n) is 4.02. The molecule has 1 aliphatic heterocycles. The number of rotatable bonds is 2. The summed E-state index contributed by atoms with van der Waals surface area (Å²) in [6, 6.07) is 3.11. The van der Waals surface area contributed by atoms with Gasteiger partial charge in [-0.2, -0.15) is 4.31 Å². The van der Waals surface area contributed by atoms with E-state index < -0.39 is 10.0 Å². The van der Waals surface area contributed by atoms with Crippen LogP contribution >= 0.6 is 11.6 Å². The summed E-state index contributed by atoms with van der Waals surface area (Å²) < 4.78 is 26.7. The zero-order valence-corrected chi connectivity index (χ0v) is 13.7. The Morgan fingerprint density at radius 2 is 1.90 bits per heavy atom. The Morgan fingerprint density at radius 1 is 1.30 bits per heavy atom. The zero-order chi connectivity index (χ0) is 15.0. The van der Waals surface area contributed by atoms with Crippen molar-refractivity contribution in [3.8, 4) is 0 Å². The molecule has 1 aromatic rings. The van der Waals surface area contributed by atoms with Crippen LogP contribution < -0.4 is 0 Å². The fraction of sp³-hybridized carbons (Fsp3) is 0.643. The number of halogens is 1. The Kier molecular flexibility index (Phi) is 4.42. The number of hydrogen-bond donors (Lipinski definition) is 0. The van der Waals surface area contributed by atoms with Crippen molar-refractivity contribution in [3.63, 3.8) is 0 Å². The van der Waals surface area contributed by atoms with Gasteiger partial charge >= 0.3 is 0 Å². The molecule has 0 saturated carbocycles. The number of sulfonamides is 1. The number of piperidine rings is 1. The van der Waals surface area contributed by atoms with Gasteiger partial charge in [0.05, 0.1) is 0 Å². The molecule has 1 aliphatic rings. The second kappa shape index (κ2) is 5.62. The molecule has 0 bridgehead atoms. The molecule has 0 radical (unpaired) electrons. The summed E-state index contributed by atoms with van der Waals surface area (Å²) in [7, 11) is -3.52. The first kappa shape index (κ1) is 15.7. The number of hydrogen-bond acceptors (Lipinski definition) is 3. The van der Waals surface area contributed by atoms with Crippen LogP contribution in [0.3, 0.4) is 0 Å². The molecule has 2 rings (SSSR count). The molecule has 0 spiro atoms. The maximum Gasteiger partial charge on any atom is 0.246 e. The van der Waals surface area contributed by atoms with Crippen molar-refractivity contribution in [2.24, 2.45) is 11.3 Å². The highest BCUT2D eigenvalue weighted by Crippen LogP contribution is 2.36. The molecule has 1 aromatic heterocycles. The van der Waals surface area contributed by atoms with Gasteiger partial charge < -0.3 is 0 Å². The van der Waals surface area contributed by atoms with Crippen molar-refractivity contribution in [2.75, 3.05) is 13.1 Å². The van der Waals surface area contributed by atoms with Gasteiger partial charge in [-0.1, -0.05) is 32.4 Å². The van der Waals surface area contributed by atoms with E-state index in [0.29, 0.717) is 19.0 Å². The predicted octanol–water partition coefficient (Wildman–Crippen LogP) is 3.18. The van der Waals surface area contributed by atoms with Gasteiger partial charge in [-0.15, -0.1) is 0 Å². The van der Waals surface area contributed by atoms with E-state index in [-0.39, 0.29) is 15.5 Å². The molecule has 0 amide bonds. The van der Waals surface area contributed by atoms with Crippen molar-refractivity contribution < 1.29 is 8.42 Å². The van der Waals surface area contributed by atoms with Crippen LogP contribution in [0.5, 0.6) is 0 Å². The third-order valence-corrected chi connectivity index (χ3v) is 6.36. The van der Waals surface area contributed by atoms with Crippen molar-refractivity contribution in [1.82, 2.24) is 9.29 Å². The summed E-state index contributed by atoms with van der Waals surface area (Å²) in [6.07, 6.45) is 3.27. The molecule has 4 nitrogen and oxygen atoms in total. The number of aromatic nitrogens is 1. The van der Waals surface area contributed by atoms with E-state index in [1.54, 1.807) is 6.07 Å². The lowest BCUT2D eigenvalue weighted by Gasteiger charge is -2.38. The average Bonchev–Trinajstić information content (AvgIpc) is 2.38. The first-order valence-corrected chi connectivity index (χ1v) is 8.65. The molecular weight excluding hydrogens is 296 g/mol. The second-order valence-electron chi connectivity index (χ2n) is 6.34. The van der Waals surface area contributed by atoms with Gasteiger partial charge in [0, 0.05) is 19.3 Å². The molecule has 1 fully saturated rings. The molecule has 20 heavy (non-hydrogen) atoms. The lowest BCUT2D eigenvalue weighted by molar-refractivity contribution is 0.154. The molecule has 0 aromatic carbocycles. The molecule has 6 heteroatoms. The molecule has 112 valence electrons. The Balaban J connectivity index is 2.16. The van der Waals surface area contributed by atoms with E-state index in [9.17, 15) is 8.42 Å². The van der Waals surface area contributed by atoms with E-state index in [1.807, 2.05) is 0 Å². The molecule has 0 aliphatic carbocycles. The molecule has 0 atom stereocenters. The summed E-state index contributed by atoms with van der Waals surface area (Å²) in [6.45, 7) is 7.73. The predicted molar refractivity (Wildman–Crippen MR) is 80.2 cm³/mol. The normalized spacial score (nSPS) is 19.2. The fourth-order valence-electron chi connectivity index (χ4n) is 2.66. The summed E-state index contributed by atoms with van der Waals surface area (Å²) in [4.78, 5) is 3.96. The van der Waals surface area contributed by atoms with Gasteiger partial charge in [-0.25, -0.2) is 13.4 Å². The zero-order valence-electron chi connectivity index (χ0n) is 12.1. The van der Waals surface area contributed by atoms with Crippen molar-refractivity contribution in [1.29, 1.82) is 0 Å². The fourth-order valence-corrected chi connectivity index (χ4v) is 4.56. The van der Waals surface area contributed by atoms with Crippen molar-refractivity contribution >= 4 is 21.6 Å². The Bertz CT molecular complexity index is 573. The highest BCUT2D eigenvalue weighted by molar-refractivity contribution is 7.89. The van der Waals surface area contributed by atoms with E-state index in [2.05, 4.69) is 25.8 Å². The van der Waals surface area contributed by atoms with Crippen LogP contribution in [0.25, 0.3) is 0 Å². The maximum atomic E-state index is 12.6. The first-order chi connectivity index (χ1) is 9.23. The summed E-state index contributed by atoms with van der Waals surface area (Å²) in [5.74, 6) is 0.554. The van der Waals surface area contributed by atoms with E-state index in [1.165, 1.54) is 16.6 Å². The van der Waals surface area contributed by atoms with Gasteiger partial charge in [0.25, 0.3) is 0 Å². The summed E-state index contributed by atoms with van der Waals surface area (Å²) >= 11 is 5.91. The first-order valence-electron chi connectivity index (χ1n) is 6.83. The van der Waals surface area contributed by atoms with Crippen LogP contribution in [0, 0.1) is 11.3 Å². The standard InChI is InChI=1S/C14H21ClN2O2S/c1-14(2,3)11-6-9-17(10-7-11)20(18,19)12-5-4-8-16-13(12)15/h4-5,8,11H,6-7,9-10H2,1-3H3. The smallest absolute Gasteiger partial charge is 0.243 e. The highest BCUT2D eigenvalue weighted by Gasteiger charge is 2.34. The van der Waals surface area contributed by atoms with Crippen molar-refractivity contribution in [2.45, 2.75) is 38.5 Å². The minimum absolute atomic E-state index is 0.0467. The van der Waals surface area contributed by atoms with Crippen LogP contribution in [0.15, 0.2) is 23.2 Å². The monoisotopic (exact) mass is 316 g/mol. The minimum Gasteiger partial charge on any atom is -0.243 e. The highest BCUT2D eigenvalue weighted by atomic mass is 35.5. The minimum atomic E-state index is -3.52. The van der Waals surface area contributed by atoms with Crippen LogP contribution in [0.4, 0.5) is 0 Å². The lowest BCUT2D eigenvalue weighted by atomic mass is 9.76. The number of pyridine rings is 1. The van der Waals surface area contributed by atoms with Crippen LogP contribution in [0.1, 0.15) is 33.6 Å². The average molecular weight is 317 g/mol. The largest absolute Gasteiger partial charge is 0.246 e. The second-order valence-corrected chi connectivity index (χ2v) is 8.60. The van der Waals surface area contributed by atoms with Gasteiger partial charge in [-0.05, 0) is 36.3 Å². The van der Waals surface area contributed by atoms with E-state index in [0.717, 1.165) is 12.8 Å². The SMILES string of the molecule is CC(C)(C)C1CCN(S(=O)(=O)c2cccnc2Cl)CC1. The Labute approximate surface area is 126 Å². The van der Waals surface area contributed by atoms with Gasteiger partial charge in [0.2, 0.25) is 10.0 Å². The third kappa shape index (κ3) is 3.15. The Hall–Kier alpha value is -0.650. The van der Waals surface area contributed by atoms with Crippen LogP contribution in [0.2, 0.25) is 5.15 Å². The summed E-state index contributed by atoms with van der Waals surface area (Å²) in [5.41, 5.74) is 0.224. The maximum absolute atomic E-state index is 12.6. The van der Waals surface area contributed by atoms with E-state index in [4.69, 9.17) is 11.6 Å². The molecular formula is C14H21ClN2O2S. The molecule has 0 N–H and O–H groups in total. The molecule has 1 saturated heterocycles. The number of nitrogens with zero attached hydrogens (tertiary/aromatic N) is 2. The molecule has 0 unspecified atom stereocenters. The van der Waals surface area contributed by atoms with Gasteiger partial charge in [0.1, 0.15) is 10.0 Å². The van der Waals surface area contributed by atoms with Gasteiger partial charge in [-0.3, -0.25) is 0 Å². The van der Waals surface area contributed by atoms with E-state index >= 15 is 0 Å². The lowest BCUT2D eigenvalue weighted by Crippen LogP contribution is -2.41. The van der Waals surface area contributed by atoms with Crippen molar-refractivity contribution in [3.05, 3.63) is 23.5 Å².